The quantitative estimate of drug-likeness (QED) is 0.355. The summed E-state index contributed by atoms with van der Waals surface area (Å²) in [7, 11) is -4.91. The van der Waals surface area contributed by atoms with Gasteiger partial charge < -0.3 is 9.36 Å². The van der Waals surface area contributed by atoms with Gasteiger partial charge >= 0.3 is 13.8 Å². The molecule has 0 amide bonds. The molecule has 134 valence electrons. The van der Waals surface area contributed by atoms with Gasteiger partial charge in [0.05, 0.1) is 6.61 Å². The molecule has 0 fully saturated rings. The Balaban J connectivity index is 1.91. The van der Waals surface area contributed by atoms with Crippen molar-refractivity contribution in [3.05, 3.63) is 71.8 Å². The van der Waals surface area contributed by atoms with Crippen LogP contribution >= 0.6 is 7.82 Å². The molecule has 0 aliphatic carbocycles. The number of rotatable bonds is 9. The molecular weight excluding hydrogens is 345 g/mol. The van der Waals surface area contributed by atoms with Crippen LogP contribution in [0, 0.1) is 0 Å². The van der Waals surface area contributed by atoms with Crippen molar-refractivity contribution in [1.29, 1.82) is 0 Å². The number of hydrogen-bond donors (Lipinski definition) is 3. The van der Waals surface area contributed by atoms with Crippen molar-refractivity contribution in [3.8, 4) is 0 Å². The average Bonchev–Trinajstić information content (AvgIpc) is 2.58. The number of phosphoric acid groups is 1. The number of carbonyl (C=O) groups excluding carboxylic acids is 1. The lowest BCUT2D eigenvalue weighted by molar-refractivity contribution is -0.142. The third-order valence-corrected chi connectivity index (χ3v) is 3.76. The van der Waals surface area contributed by atoms with E-state index in [2.05, 4.69) is 10.0 Å². The van der Waals surface area contributed by atoms with E-state index in [1.165, 1.54) is 0 Å². The smallest absolute Gasteiger partial charge is 0.369 e. The topological polar surface area (TPSA) is 105 Å². The van der Waals surface area contributed by atoms with Gasteiger partial charge in [-0.15, -0.1) is 0 Å². The van der Waals surface area contributed by atoms with E-state index < -0.39 is 19.8 Å². The summed E-state index contributed by atoms with van der Waals surface area (Å²) in [5.74, 6) is -1.07. The van der Waals surface area contributed by atoms with E-state index in [1.54, 1.807) is 24.3 Å². The lowest BCUT2D eigenvalue weighted by atomic mass is 10.1. The summed E-state index contributed by atoms with van der Waals surface area (Å²) < 4.78 is 15.1. The van der Waals surface area contributed by atoms with Gasteiger partial charge in [-0.1, -0.05) is 60.7 Å². The molecule has 0 heterocycles. The highest BCUT2D eigenvalue weighted by Crippen LogP contribution is 2.36. The van der Waals surface area contributed by atoms with Gasteiger partial charge in [-0.3, -0.25) is 9.79 Å². The minimum absolute atomic E-state index is 0.172. The van der Waals surface area contributed by atoms with Crippen molar-refractivity contribution in [2.75, 3.05) is 6.61 Å². The summed E-state index contributed by atoms with van der Waals surface area (Å²) in [5, 5.41) is 0. The van der Waals surface area contributed by atoms with Gasteiger partial charge in [-0.25, -0.2) is 9.36 Å². The molecular formula is C17H20NO6P. The molecule has 0 spiro atoms. The van der Waals surface area contributed by atoms with Crippen LogP contribution < -0.4 is 5.48 Å². The number of hydroxylamine groups is 1. The van der Waals surface area contributed by atoms with Crippen molar-refractivity contribution in [2.24, 2.45) is 0 Å². The Morgan fingerprint density at radius 1 is 1.00 bits per heavy atom. The van der Waals surface area contributed by atoms with E-state index in [1.807, 2.05) is 36.4 Å². The fraction of sp³-hybridized carbons (Fsp3) is 0.235. The second kappa shape index (κ2) is 9.46. The summed E-state index contributed by atoms with van der Waals surface area (Å²) in [6.45, 7) is 0.290. The Kier molecular flexibility index (Phi) is 7.31. The predicted molar refractivity (Wildman–Crippen MR) is 91.3 cm³/mol. The molecule has 0 radical (unpaired) electrons. The average molecular weight is 365 g/mol. The summed E-state index contributed by atoms with van der Waals surface area (Å²) in [5.41, 5.74) is 4.41. The molecule has 3 N–H and O–H groups in total. The van der Waals surface area contributed by atoms with Crippen molar-refractivity contribution in [1.82, 2.24) is 5.48 Å². The summed E-state index contributed by atoms with van der Waals surface area (Å²) in [6.07, 6.45) is 0.796. The van der Waals surface area contributed by atoms with E-state index in [0.717, 1.165) is 11.1 Å². The summed E-state index contributed by atoms with van der Waals surface area (Å²) in [4.78, 5) is 34.9. The summed E-state index contributed by atoms with van der Waals surface area (Å²) >= 11 is 0. The van der Waals surface area contributed by atoms with Crippen molar-refractivity contribution < 1.29 is 28.5 Å². The van der Waals surface area contributed by atoms with Crippen LogP contribution in [0.1, 0.15) is 11.1 Å². The number of hydrogen-bond acceptors (Lipinski definition) is 5. The molecule has 0 aromatic heterocycles. The Labute approximate surface area is 145 Å². The van der Waals surface area contributed by atoms with Crippen LogP contribution in [0.25, 0.3) is 0 Å². The zero-order chi connectivity index (χ0) is 18.1. The van der Waals surface area contributed by atoms with Gasteiger partial charge in [0.25, 0.3) is 0 Å². The summed E-state index contributed by atoms with van der Waals surface area (Å²) in [6, 6.07) is 17.6. The van der Waals surface area contributed by atoms with Gasteiger partial charge in [-0.05, 0) is 17.5 Å². The minimum atomic E-state index is -4.91. The first-order valence-corrected chi connectivity index (χ1v) is 9.21. The lowest BCUT2D eigenvalue weighted by Crippen LogP contribution is -2.39. The monoisotopic (exact) mass is 365 g/mol. The highest BCUT2D eigenvalue weighted by atomic mass is 31.2. The third kappa shape index (κ3) is 7.60. The molecule has 0 saturated heterocycles. The zero-order valence-electron chi connectivity index (χ0n) is 13.4. The van der Waals surface area contributed by atoms with Crippen LogP contribution in [0.15, 0.2) is 60.7 Å². The lowest BCUT2D eigenvalue weighted by Gasteiger charge is -2.17. The molecule has 2 aromatic carbocycles. The van der Waals surface area contributed by atoms with Gasteiger partial charge in [0.15, 0.2) is 0 Å². The fourth-order valence-corrected chi connectivity index (χ4v) is 2.54. The van der Waals surface area contributed by atoms with E-state index in [0.29, 0.717) is 13.0 Å². The van der Waals surface area contributed by atoms with Gasteiger partial charge in [-0.2, -0.15) is 5.48 Å². The molecule has 0 aliphatic rings. The molecule has 7 nitrogen and oxygen atoms in total. The zero-order valence-corrected chi connectivity index (χ0v) is 14.3. The van der Waals surface area contributed by atoms with Crippen LogP contribution in [0.5, 0.6) is 0 Å². The van der Waals surface area contributed by atoms with Crippen LogP contribution in [0.3, 0.4) is 0 Å². The fourth-order valence-electron chi connectivity index (χ4n) is 2.18. The molecule has 2 aromatic rings. The molecule has 25 heavy (non-hydrogen) atoms. The molecule has 2 rings (SSSR count). The minimum Gasteiger partial charge on any atom is -0.369 e. The van der Waals surface area contributed by atoms with E-state index in [-0.39, 0.29) is 6.42 Å². The predicted octanol–water partition coefficient (Wildman–Crippen LogP) is 2.00. The van der Waals surface area contributed by atoms with Crippen molar-refractivity contribution in [2.45, 2.75) is 18.9 Å². The third-order valence-electron chi connectivity index (χ3n) is 3.34. The van der Waals surface area contributed by atoms with Gasteiger partial charge in [0.2, 0.25) is 0 Å². The first-order valence-electron chi connectivity index (χ1n) is 7.68. The van der Waals surface area contributed by atoms with Crippen LogP contribution in [0.4, 0.5) is 0 Å². The first kappa shape index (κ1) is 19.3. The largest absolute Gasteiger partial charge is 0.527 e. The Morgan fingerprint density at radius 2 is 1.56 bits per heavy atom. The Morgan fingerprint density at radius 3 is 2.12 bits per heavy atom. The second-order valence-electron chi connectivity index (χ2n) is 5.35. The van der Waals surface area contributed by atoms with Gasteiger partial charge in [0.1, 0.15) is 6.04 Å². The van der Waals surface area contributed by atoms with E-state index >= 15 is 0 Å². The van der Waals surface area contributed by atoms with Crippen LogP contribution in [0.2, 0.25) is 0 Å². The first-order chi connectivity index (χ1) is 11.9. The normalized spacial score (nSPS) is 12.6. The number of nitrogens with one attached hydrogen (secondary N) is 1. The van der Waals surface area contributed by atoms with Crippen LogP contribution in [-0.2, 0) is 31.6 Å². The number of carbonyl (C=O) groups is 1. The van der Waals surface area contributed by atoms with Gasteiger partial charge in [0, 0.05) is 6.42 Å². The maximum atomic E-state index is 12.0. The number of phosphoric ester groups is 1. The maximum Gasteiger partial charge on any atom is 0.527 e. The molecule has 0 unspecified atom stereocenters. The van der Waals surface area contributed by atoms with Crippen molar-refractivity contribution >= 4 is 13.8 Å². The van der Waals surface area contributed by atoms with Crippen LogP contribution in [-0.4, -0.2) is 28.4 Å². The van der Waals surface area contributed by atoms with E-state index in [4.69, 9.17) is 14.6 Å². The Bertz CT molecular complexity index is 704. The SMILES string of the molecule is O=C(OP(=O)(O)O)[C@H](Cc1ccccc1)NOCCc1ccccc1. The number of benzene rings is 2. The Hall–Kier alpha value is -2.02. The molecule has 1 atom stereocenters. The standard InChI is InChI=1S/C17H20NO6P/c19-17(24-25(20,21)22)16(13-15-9-5-2-6-10-15)18-23-12-11-14-7-3-1-4-8-14/h1-10,16,18H,11-13H2,(H2,20,21,22)/t16-/m0/s1. The molecule has 0 aliphatic heterocycles. The molecule has 8 heteroatoms. The second-order valence-corrected chi connectivity index (χ2v) is 6.51. The molecule has 0 bridgehead atoms. The molecule has 0 saturated carbocycles. The highest BCUT2D eigenvalue weighted by Gasteiger charge is 2.28. The highest BCUT2D eigenvalue weighted by molar-refractivity contribution is 7.46. The van der Waals surface area contributed by atoms with E-state index in [9.17, 15) is 9.36 Å². The maximum absolute atomic E-state index is 12.0. The van der Waals surface area contributed by atoms with Crippen molar-refractivity contribution in [3.63, 3.8) is 0 Å².